The Kier molecular flexibility index (Phi) is 3.17. The van der Waals surface area contributed by atoms with Gasteiger partial charge in [0.15, 0.2) is 0 Å². The van der Waals surface area contributed by atoms with E-state index in [-0.39, 0.29) is 11.3 Å². The van der Waals surface area contributed by atoms with E-state index in [1.807, 2.05) is 0 Å². The number of benzene rings is 1. The number of hydrogen-bond donors (Lipinski definition) is 1. The lowest BCUT2D eigenvalue weighted by Crippen LogP contribution is -2.45. The number of carbonyl (C=O) groups is 1. The van der Waals surface area contributed by atoms with Crippen molar-refractivity contribution >= 4 is 22.4 Å². The van der Waals surface area contributed by atoms with Crippen LogP contribution in [0.5, 0.6) is 0 Å². The fourth-order valence-electron chi connectivity index (χ4n) is 2.42. The molecule has 1 N–H and O–H groups in total. The van der Waals surface area contributed by atoms with Crippen LogP contribution in [0, 0.1) is 0 Å². The van der Waals surface area contributed by atoms with Crippen molar-refractivity contribution in [3.63, 3.8) is 0 Å². The second kappa shape index (κ2) is 4.74. The normalized spacial score (nSPS) is 15.2. The Hall–Kier alpha value is -2.51. The number of Topliss-reactive ketones (excluding diaryl/α,β-unsaturated/α-hetero) is 1. The molecule has 1 aliphatic carbocycles. The van der Waals surface area contributed by atoms with E-state index in [2.05, 4.69) is 4.98 Å². The Morgan fingerprint density at radius 1 is 1.13 bits per heavy atom. The van der Waals surface area contributed by atoms with Crippen LogP contribution < -0.4 is 0 Å². The predicted molar refractivity (Wildman–Crippen MR) is 71.0 cm³/mol. The number of nitrogens with zero attached hydrogens (tertiary/aromatic N) is 1. The summed E-state index contributed by atoms with van der Waals surface area (Å²) in [7, 11) is 0. The maximum atomic E-state index is 13.2. The summed E-state index contributed by atoms with van der Waals surface area (Å²) in [4.78, 5) is 15.7. The lowest BCUT2D eigenvalue weighted by molar-refractivity contribution is -0.266. The molecule has 2 aromatic rings. The monoisotopic (exact) mass is 329 g/mol. The van der Waals surface area contributed by atoms with E-state index in [9.17, 15) is 31.9 Å². The van der Waals surface area contributed by atoms with Gasteiger partial charge >= 0.3 is 12.1 Å². The summed E-state index contributed by atoms with van der Waals surface area (Å²) >= 11 is 0. The first kappa shape index (κ1) is 15.4. The number of ketones is 1. The zero-order valence-electron chi connectivity index (χ0n) is 11.3. The molecule has 23 heavy (non-hydrogen) atoms. The average molecular weight is 329 g/mol. The van der Waals surface area contributed by atoms with Crippen LogP contribution in [0.2, 0.25) is 0 Å². The van der Waals surface area contributed by atoms with Gasteiger partial charge in [-0.3, -0.25) is 9.78 Å². The summed E-state index contributed by atoms with van der Waals surface area (Å²) in [5.41, 5.74) is -0.423. The van der Waals surface area contributed by atoms with Gasteiger partial charge in [0.25, 0.3) is 0 Å². The van der Waals surface area contributed by atoms with Gasteiger partial charge in [-0.15, -0.1) is 0 Å². The van der Waals surface area contributed by atoms with Gasteiger partial charge in [0.1, 0.15) is 5.76 Å². The fraction of sp³-hybridized carbons (Fsp3) is 0.200. The molecule has 0 saturated carbocycles. The third-order valence-electron chi connectivity index (χ3n) is 3.60. The smallest absolute Gasteiger partial charge is 0.461 e. The van der Waals surface area contributed by atoms with Crippen molar-refractivity contribution in [2.45, 2.75) is 18.5 Å². The molecule has 0 amide bonds. The topological polar surface area (TPSA) is 50.2 Å². The molecule has 1 aromatic heterocycles. The van der Waals surface area contributed by atoms with Crippen molar-refractivity contribution in [1.82, 2.24) is 4.98 Å². The van der Waals surface area contributed by atoms with Gasteiger partial charge < -0.3 is 5.11 Å². The quantitative estimate of drug-likeness (QED) is 0.852. The number of alkyl halides is 5. The Labute approximate surface area is 126 Å². The summed E-state index contributed by atoms with van der Waals surface area (Å²) in [5.74, 6) is -8.89. The van der Waals surface area contributed by atoms with E-state index >= 15 is 0 Å². The van der Waals surface area contributed by atoms with E-state index in [1.54, 1.807) is 24.3 Å². The molecule has 0 saturated heterocycles. The van der Waals surface area contributed by atoms with Crippen LogP contribution >= 0.6 is 0 Å². The molecule has 3 nitrogen and oxygen atoms in total. The lowest BCUT2D eigenvalue weighted by Gasteiger charge is -2.18. The number of aromatic nitrogens is 1. The number of hydrogen-bond acceptors (Lipinski definition) is 3. The number of allylic oxidation sites excluding steroid dienone is 1. The van der Waals surface area contributed by atoms with Crippen LogP contribution in [-0.4, -0.2) is 28.0 Å². The number of aliphatic hydroxyl groups is 1. The highest BCUT2D eigenvalue weighted by Crippen LogP contribution is 2.41. The highest BCUT2D eigenvalue weighted by Gasteiger charge is 2.64. The van der Waals surface area contributed by atoms with Crippen molar-refractivity contribution < 1.29 is 31.9 Å². The van der Waals surface area contributed by atoms with Crippen molar-refractivity contribution in [2.24, 2.45) is 0 Å². The van der Waals surface area contributed by atoms with Crippen molar-refractivity contribution in [3.05, 3.63) is 47.2 Å². The number of halogens is 5. The molecule has 0 radical (unpaired) electrons. The lowest BCUT2D eigenvalue weighted by atomic mass is 10.0. The van der Waals surface area contributed by atoms with Crippen LogP contribution in [-0.2, 0) is 11.2 Å². The molecule has 1 aromatic carbocycles. The van der Waals surface area contributed by atoms with Crippen LogP contribution in [0.4, 0.5) is 22.0 Å². The molecule has 0 bridgehead atoms. The van der Waals surface area contributed by atoms with Gasteiger partial charge in [-0.1, -0.05) is 18.2 Å². The first-order chi connectivity index (χ1) is 10.6. The van der Waals surface area contributed by atoms with Gasteiger partial charge in [-0.2, -0.15) is 22.0 Å². The second-order valence-corrected chi connectivity index (χ2v) is 5.08. The molecule has 1 heterocycles. The Morgan fingerprint density at radius 3 is 2.43 bits per heavy atom. The Morgan fingerprint density at radius 2 is 1.78 bits per heavy atom. The average Bonchev–Trinajstić information content (AvgIpc) is 2.79. The first-order valence-electron chi connectivity index (χ1n) is 6.43. The highest BCUT2D eigenvalue weighted by atomic mass is 19.4. The maximum absolute atomic E-state index is 13.2. The first-order valence-corrected chi connectivity index (χ1v) is 6.43. The minimum Gasteiger partial charge on any atom is -0.507 e. The standard InChI is InChI=1S/C15H8F5NO2/c16-14(17,15(18,19)20)13(23)9-6-11-8(12(9)22)5-7-3-1-2-4-10(7)21-11/h1-5,22H,6H2. The van der Waals surface area contributed by atoms with Crippen molar-refractivity contribution in [2.75, 3.05) is 0 Å². The number of pyridine rings is 1. The van der Waals surface area contributed by atoms with Crippen LogP contribution in [0.25, 0.3) is 16.7 Å². The number of fused-ring (bicyclic) bond motifs is 2. The van der Waals surface area contributed by atoms with E-state index in [1.165, 1.54) is 6.07 Å². The number of carbonyl (C=O) groups excluding carboxylic acids is 1. The SMILES string of the molecule is O=C(C1=C(O)c2cc3ccccc3nc2C1)C(F)(F)C(F)(F)F. The molecular formula is C15H8F5NO2. The fourth-order valence-corrected chi connectivity index (χ4v) is 2.42. The molecule has 0 fully saturated rings. The van der Waals surface area contributed by atoms with Crippen LogP contribution in [0.15, 0.2) is 35.9 Å². The number of aliphatic hydroxyl groups excluding tert-OH is 1. The predicted octanol–water partition coefficient (Wildman–Crippen LogP) is 3.83. The molecule has 0 aliphatic heterocycles. The summed E-state index contributed by atoms with van der Waals surface area (Å²) in [5, 5.41) is 10.5. The molecule has 0 spiro atoms. The third-order valence-corrected chi connectivity index (χ3v) is 3.60. The third kappa shape index (κ3) is 2.25. The molecule has 3 rings (SSSR count). The van der Waals surface area contributed by atoms with Crippen molar-refractivity contribution in [3.8, 4) is 0 Å². The molecule has 1 aliphatic rings. The van der Waals surface area contributed by atoms with E-state index < -0.39 is 35.6 Å². The maximum Gasteiger partial charge on any atom is 0.461 e. The zero-order valence-corrected chi connectivity index (χ0v) is 11.3. The van der Waals surface area contributed by atoms with Gasteiger partial charge in [0, 0.05) is 17.4 Å². The van der Waals surface area contributed by atoms with Gasteiger partial charge in [0.2, 0.25) is 5.78 Å². The molecule has 120 valence electrons. The van der Waals surface area contributed by atoms with Gasteiger partial charge in [0.05, 0.1) is 16.8 Å². The summed E-state index contributed by atoms with van der Waals surface area (Å²) in [6, 6.07) is 8.01. The van der Waals surface area contributed by atoms with Gasteiger partial charge in [-0.25, -0.2) is 0 Å². The number of para-hydroxylation sites is 1. The highest BCUT2D eigenvalue weighted by molar-refractivity contribution is 6.08. The summed E-state index contributed by atoms with van der Waals surface area (Å²) in [6.07, 6.45) is -6.60. The van der Waals surface area contributed by atoms with Crippen molar-refractivity contribution in [1.29, 1.82) is 0 Å². The van der Waals surface area contributed by atoms with E-state index in [0.717, 1.165) is 0 Å². The van der Waals surface area contributed by atoms with Crippen LogP contribution in [0.3, 0.4) is 0 Å². The summed E-state index contributed by atoms with van der Waals surface area (Å²) in [6.45, 7) is 0. The van der Waals surface area contributed by atoms with E-state index in [0.29, 0.717) is 10.9 Å². The molecule has 0 atom stereocenters. The minimum absolute atomic E-state index is 0.00924. The Bertz CT molecular complexity index is 855. The zero-order chi connectivity index (χ0) is 17.0. The number of rotatable bonds is 2. The molecule has 8 heteroatoms. The van der Waals surface area contributed by atoms with E-state index in [4.69, 9.17) is 0 Å². The largest absolute Gasteiger partial charge is 0.507 e. The van der Waals surface area contributed by atoms with Gasteiger partial charge in [-0.05, 0) is 12.1 Å². The minimum atomic E-state index is -6.02. The van der Waals surface area contributed by atoms with Crippen LogP contribution in [0.1, 0.15) is 11.3 Å². The molecular weight excluding hydrogens is 321 g/mol. The Balaban J connectivity index is 2.08. The second-order valence-electron chi connectivity index (χ2n) is 5.08. The summed E-state index contributed by atoms with van der Waals surface area (Å²) < 4.78 is 63.4. The molecule has 0 unspecified atom stereocenters.